The van der Waals surface area contributed by atoms with Gasteiger partial charge in [-0.25, -0.2) is 9.78 Å². The second-order valence-corrected chi connectivity index (χ2v) is 11.5. The third-order valence-corrected chi connectivity index (χ3v) is 9.22. The van der Waals surface area contributed by atoms with E-state index in [2.05, 4.69) is 9.88 Å². The predicted octanol–water partition coefficient (Wildman–Crippen LogP) is 3.47. The highest BCUT2D eigenvalue weighted by Gasteiger charge is 2.40. The fourth-order valence-electron chi connectivity index (χ4n) is 5.65. The van der Waals surface area contributed by atoms with Crippen molar-refractivity contribution in [2.24, 2.45) is 0 Å². The highest BCUT2D eigenvalue weighted by atomic mass is 35.5. The van der Waals surface area contributed by atoms with Crippen LogP contribution in [0.3, 0.4) is 0 Å². The molecule has 6 rings (SSSR count). The van der Waals surface area contributed by atoms with Gasteiger partial charge in [-0.05, 0) is 36.6 Å². The molecule has 3 aliphatic rings. The Kier molecular flexibility index (Phi) is 6.42. The second-order valence-electron chi connectivity index (χ2n) is 9.98. The van der Waals surface area contributed by atoms with Crippen molar-refractivity contribution in [3.05, 3.63) is 52.0 Å². The summed E-state index contributed by atoms with van der Waals surface area (Å²) in [5.41, 5.74) is 1.60. The number of thiophene rings is 1. The zero-order valence-electron chi connectivity index (χ0n) is 20.5. The molecule has 9 nitrogen and oxygen atoms in total. The third kappa shape index (κ3) is 4.51. The van der Waals surface area contributed by atoms with E-state index in [1.54, 1.807) is 15.8 Å². The van der Waals surface area contributed by atoms with Gasteiger partial charge >= 0.3 is 12.0 Å². The smallest absolute Gasteiger partial charge is 0.323 e. The molecule has 3 atom stereocenters. The maximum Gasteiger partial charge on any atom is 0.323 e. The van der Waals surface area contributed by atoms with Crippen molar-refractivity contribution in [3.8, 4) is 10.4 Å². The van der Waals surface area contributed by atoms with E-state index in [-0.39, 0.29) is 35.7 Å². The lowest BCUT2D eigenvalue weighted by atomic mass is 10.2. The molecule has 0 saturated carbocycles. The van der Waals surface area contributed by atoms with Crippen LogP contribution in [0.1, 0.15) is 25.3 Å². The van der Waals surface area contributed by atoms with Gasteiger partial charge in [0.2, 0.25) is 0 Å². The molecule has 1 aromatic carbocycles. The van der Waals surface area contributed by atoms with Crippen molar-refractivity contribution < 1.29 is 14.3 Å². The van der Waals surface area contributed by atoms with Crippen molar-refractivity contribution in [1.82, 2.24) is 24.3 Å². The molecule has 2 aromatic heterocycles. The maximum absolute atomic E-state index is 13.4. The first-order valence-corrected chi connectivity index (χ1v) is 13.8. The molecule has 3 fully saturated rings. The first-order valence-electron chi connectivity index (χ1n) is 12.6. The number of aromatic nitrogens is 2. The molecular weight excluding hydrogens is 514 g/mol. The molecule has 0 radical (unpaired) electrons. The summed E-state index contributed by atoms with van der Waals surface area (Å²) in [4.78, 5) is 49.9. The Labute approximate surface area is 223 Å². The van der Waals surface area contributed by atoms with E-state index in [1.165, 1.54) is 11.3 Å². The summed E-state index contributed by atoms with van der Waals surface area (Å²) < 4.78 is 7.41. The van der Waals surface area contributed by atoms with Crippen LogP contribution in [-0.4, -0.2) is 88.2 Å². The van der Waals surface area contributed by atoms with Crippen LogP contribution in [0, 0.1) is 0 Å². The van der Waals surface area contributed by atoms with Crippen molar-refractivity contribution >= 4 is 45.2 Å². The van der Waals surface area contributed by atoms with Gasteiger partial charge in [0.15, 0.2) is 0 Å². The highest BCUT2D eigenvalue weighted by molar-refractivity contribution is 7.22. The van der Waals surface area contributed by atoms with Crippen LogP contribution in [-0.2, 0) is 9.53 Å². The minimum absolute atomic E-state index is 0.0356. The summed E-state index contributed by atoms with van der Waals surface area (Å²) in [5, 5.41) is 0.667. The van der Waals surface area contributed by atoms with E-state index in [1.807, 2.05) is 42.3 Å². The van der Waals surface area contributed by atoms with Gasteiger partial charge in [0.1, 0.15) is 10.7 Å². The number of likely N-dealkylation sites (N-methyl/N-ethyl adjacent to an activating group) is 1. The zero-order valence-corrected chi connectivity index (χ0v) is 22.1. The van der Waals surface area contributed by atoms with Gasteiger partial charge < -0.3 is 14.5 Å². The monoisotopic (exact) mass is 541 g/mol. The molecule has 5 heterocycles. The number of hydrogen-bond donors (Lipinski definition) is 0. The van der Waals surface area contributed by atoms with Crippen molar-refractivity contribution in [3.63, 3.8) is 0 Å². The average Bonchev–Trinajstić information content (AvgIpc) is 3.70. The summed E-state index contributed by atoms with van der Waals surface area (Å²) in [5.74, 6) is -0.154. The summed E-state index contributed by atoms with van der Waals surface area (Å²) in [6, 6.07) is 9.19. The largest absolute Gasteiger partial charge is 0.464 e. The molecular formula is C26H28ClN5O4S. The van der Waals surface area contributed by atoms with Gasteiger partial charge in [0.05, 0.1) is 24.5 Å². The molecule has 0 N–H and O–H groups in total. The number of esters is 1. The highest BCUT2D eigenvalue weighted by Crippen LogP contribution is 2.32. The average molecular weight is 542 g/mol. The molecule has 3 aromatic rings. The number of fused-ring (bicyclic) bond motifs is 1. The number of nitrogens with zero attached hydrogens (tertiary/aromatic N) is 5. The Hall–Kier alpha value is -2.95. The molecule has 2 unspecified atom stereocenters. The van der Waals surface area contributed by atoms with Crippen molar-refractivity contribution in [1.29, 1.82) is 0 Å². The fraction of sp³-hybridized carbons (Fsp3) is 0.462. The molecule has 3 aliphatic heterocycles. The molecule has 2 amide bonds. The molecule has 0 aliphatic carbocycles. The summed E-state index contributed by atoms with van der Waals surface area (Å²) in [7, 11) is 1.83. The maximum atomic E-state index is 13.4. The lowest BCUT2D eigenvalue weighted by molar-refractivity contribution is -0.142. The van der Waals surface area contributed by atoms with Crippen LogP contribution in [0.4, 0.5) is 4.79 Å². The Morgan fingerprint density at radius 1 is 1.14 bits per heavy atom. The lowest BCUT2D eigenvalue weighted by Gasteiger charge is -2.30. The van der Waals surface area contributed by atoms with Gasteiger partial charge in [0.25, 0.3) is 5.56 Å². The third-order valence-electron chi connectivity index (χ3n) is 7.81. The quantitative estimate of drug-likeness (QED) is 0.470. The normalized spacial score (nSPS) is 24.2. The summed E-state index contributed by atoms with van der Waals surface area (Å²) in [6.45, 7) is 2.99. The molecule has 11 heteroatoms. The number of likely N-dealkylation sites (tertiary alicyclic amines) is 2. The number of carbonyl (C=O) groups is 2. The number of benzene rings is 1. The number of halogens is 1. The van der Waals surface area contributed by atoms with E-state index in [4.69, 9.17) is 16.3 Å². The van der Waals surface area contributed by atoms with Crippen LogP contribution < -0.4 is 5.56 Å². The van der Waals surface area contributed by atoms with E-state index in [9.17, 15) is 14.4 Å². The fourth-order valence-corrected chi connectivity index (χ4v) is 6.83. The predicted molar refractivity (Wildman–Crippen MR) is 142 cm³/mol. The number of urea groups is 1. The first-order chi connectivity index (χ1) is 17.9. The first kappa shape index (κ1) is 24.4. The van der Waals surface area contributed by atoms with E-state index in [0.717, 1.165) is 29.8 Å². The van der Waals surface area contributed by atoms with Crippen LogP contribution in [0.2, 0.25) is 5.02 Å². The van der Waals surface area contributed by atoms with Gasteiger partial charge in [0, 0.05) is 55.6 Å². The molecule has 37 heavy (non-hydrogen) atoms. The summed E-state index contributed by atoms with van der Waals surface area (Å²) >= 11 is 7.44. The number of carbonyl (C=O) groups excluding carboxylic acids is 2. The van der Waals surface area contributed by atoms with E-state index < -0.39 is 0 Å². The summed E-state index contributed by atoms with van der Waals surface area (Å²) in [6.07, 6.45) is 3.86. The topological polar surface area (TPSA) is 88.0 Å². The zero-order chi connectivity index (χ0) is 25.7. The number of cyclic esters (lactones) is 1. The Morgan fingerprint density at radius 2 is 1.95 bits per heavy atom. The Balaban J connectivity index is 1.14. The number of hydrogen-bond acceptors (Lipinski definition) is 7. The SMILES string of the molecule is CN(C(=O)N1CCC(n2cnc3cc(-c4ccc(Cl)cc4)sc3c2=O)C1)[C@H]1CCN(C2CCOC2=O)C1. The Morgan fingerprint density at radius 3 is 2.70 bits per heavy atom. The van der Waals surface area contributed by atoms with Crippen molar-refractivity contribution in [2.75, 3.05) is 39.8 Å². The molecule has 194 valence electrons. The molecule has 0 bridgehead atoms. The van der Waals surface area contributed by atoms with Crippen LogP contribution in [0.5, 0.6) is 0 Å². The second kappa shape index (κ2) is 9.74. The minimum Gasteiger partial charge on any atom is -0.464 e. The van der Waals surface area contributed by atoms with Crippen LogP contribution in [0.15, 0.2) is 41.5 Å². The van der Waals surface area contributed by atoms with Gasteiger partial charge in [-0.1, -0.05) is 23.7 Å². The standard InChI is InChI=1S/C26H28ClN5O4S/c1-29(18-6-9-30(13-18)21-8-11-36-25(21)34)26(35)31-10-7-19(14-31)32-15-28-20-12-22(37-23(20)24(32)33)16-2-4-17(27)5-3-16/h2-5,12,15,18-19,21H,6-11,13-14H2,1H3/t18-,19?,21?/m0/s1. The van der Waals surface area contributed by atoms with Crippen molar-refractivity contribution in [2.45, 2.75) is 37.4 Å². The van der Waals surface area contributed by atoms with Gasteiger partial charge in [-0.15, -0.1) is 11.3 Å². The van der Waals surface area contributed by atoms with Crippen LogP contribution in [0.25, 0.3) is 20.7 Å². The lowest BCUT2D eigenvalue weighted by Crippen LogP contribution is -2.47. The van der Waals surface area contributed by atoms with Crippen LogP contribution >= 0.6 is 22.9 Å². The number of ether oxygens (including phenoxy) is 1. The minimum atomic E-state index is -0.184. The molecule has 0 spiro atoms. The Bertz CT molecular complexity index is 1410. The van der Waals surface area contributed by atoms with Gasteiger partial charge in [-0.2, -0.15) is 0 Å². The number of amides is 2. The van der Waals surface area contributed by atoms with Gasteiger partial charge in [-0.3, -0.25) is 19.1 Å². The number of rotatable bonds is 4. The van der Waals surface area contributed by atoms with E-state index in [0.29, 0.717) is 47.9 Å². The van der Waals surface area contributed by atoms with E-state index >= 15 is 0 Å². The molecule has 3 saturated heterocycles.